The van der Waals surface area contributed by atoms with Gasteiger partial charge in [-0.3, -0.25) is 4.79 Å². The van der Waals surface area contributed by atoms with Gasteiger partial charge in [0.1, 0.15) is 6.10 Å². The van der Waals surface area contributed by atoms with Gasteiger partial charge in [-0.15, -0.1) is 24.8 Å². The number of rotatable bonds is 5. The Morgan fingerprint density at radius 3 is 2.37 bits per heavy atom. The summed E-state index contributed by atoms with van der Waals surface area (Å²) < 4.78 is 5.55. The van der Waals surface area contributed by atoms with E-state index in [-0.39, 0.29) is 48.5 Å². The summed E-state index contributed by atoms with van der Waals surface area (Å²) in [5, 5.41) is 2.94. The summed E-state index contributed by atoms with van der Waals surface area (Å²) in [6.07, 6.45) is 1.39. The van der Waals surface area contributed by atoms with Crippen molar-refractivity contribution in [3.05, 3.63) is 0 Å². The van der Waals surface area contributed by atoms with Gasteiger partial charge in [0.05, 0.1) is 6.10 Å². The van der Waals surface area contributed by atoms with Crippen LogP contribution in [0.2, 0.25) is 0 Å². The molecule has 5 nitrogen and oxygen atoms in total. The Hall–Kier alpha value is -0.0700. The first kappa shape index (κ1) is 21.2. The summed E-state index contributed by atoms with van der Waals surface area (Å²) in [6.45, 7) is 5.29. The van der Waals surface area contributed by atoms with Crippen molar-refractivity contribution in [1.29, 1.82) is 0 Å². The molecule has 0 saturated carbocycles. The van der Waals surface area contributed by atoms with Crippen LogP contribution in [-0.2, 0) is 9.53 Å². The minimum atomic E-state index is -0.318. The molecule has 116 valence electrons. The number of carbonyl (C=O) groups is 1. The van der Waals surface area contributed by atoms with Crippen molar-refractivity contribution < 1.29 is 9.53 Å². The second-order valence-corrected chi connectivity index (χ2v) is 5.48. The SMILES string of the molecule is CN(C)C(C)(C)CNC(=O)[C@@H]1CC[C@H](CN)O1.Cl.Cl. The Bertz CT molecular complexity index is 276. The van der Waals surface area contributed by atoms with Crippen LogP contribution in [0.25, 0.3) is 0 Å². The minimum Gasteiger partial charge on any atom is -0.364 e. The summed E-state index contributed by atoms with van der Waals surface area (Å²) >= 11 is 0. The molecule has 1 amide bonds. The third-order valence-corrected chi connectivity index (χ3v) is 3.57. The molecule has 0 spiro atoms. The summed E-state index contributed by atoms with van der Waals surface area (Å²) in [5.41, 5.74) is 5.46. The maximum absolute atomic E-state index is 11.9. The lowest BCUT2D eigenvalue weighted by Gasteiger charge is -2.33. The number of amides is 1. The van der Waals surface area contributed by atoms with Crippen LogP contribution in [-0.4, -0.2) is 55.7 Å². The van der Waals surface area contributed by atoms with Crippen molar-refractivity contribution in [2.45, 2.75) is 44.4 Å². The zero-order chi connectivity index (χ0) is 13.1. The monoisotopic (exact) mass is 315 g/mol. The lowest BCUT2D eigenvalue weighted by Crippen LogP contribution is -2.50. The van der Waals surface area contributed by atoms with E-state index in [0.29, 0.717) is 13.1 Å². The zero-order valence-electron chi connectivity index (χ0n) is 12.1. The number of nitrogens with zero attached hydrogens (tertiary/aromatic N) is 1. The van der Waals surface area contributed by atoms with E-state index < -0.39 is 0 Å². The number of nitrogens with one attached hydrogen (secondary N) is 1. The highest BCUT2D eigenvalue weighted by Crippen LogP contribution is 2.19. The number of likely N-dealkylation sites (N-methyl/N-ethyl adjacent to an activating group) is 1. The van der Waals surface area contributed by atoms with Crippen molar-refractivity contribution in [1.82, 2.24) is 10.2 Å². The topological polar surface area (TPSA) is 67.6 Å². The number of nitrogens with two attached hydrogens (primary N) is 1. The Labute approximate surface area is 128 Å². The number of ether oxygens (including phenoxy) is 1. The van der Waals surface area contributed by atoms with Gasteiger partial charge in [-0.25, -0.2) is 0 Å². The van der Waals surface area contributed by atoms with Gasteiger partial charge in [0.25, 0.3) is 0 Å². The molecule has 1 aliphatic rings. The maximum atomic E-state index is 11.9. The number of hydrogen-bond donors (Lipinski definition) is 2. The van der Waals surface area contributed by atoms with Gasteiger partial charge in [0.15, 0.2) is 0 Å². The van der Waals surface area contributed by atoms with Crippen LogP contribution >= 0.6 is 24.8 Å². The molecule has 1 fully saturated rings. The van der Waals surface area contributed by atoms with E-state index >= 15 is 0 Å². The van der Waals surface area contributed by atoms with Gasteiger partial charge in [0, 0.05) is 18.6 Å². The van der Waals surface area contributed by atoms with Gasteiger partial charge in [-0.1, -0.05) is 0 Å². The van der Waals surface area contributed by atoms with E-state index in [4.69, 9.17) is 10.5 Å². The molecular formula is C12H27Cl2N3O2. The fraction of sp³-hybridized carbons (Fsp3) is 0.917. The van der Waals surface area contributed by atoms with Gasteiger partial charge in [0.2, 0.25) is 5.91 Å². The van der Waals surface area contributed by atoms with E-state index in [1.54, 1.807) is 0 Å². The van der Waals surface area contributed by atoms with Gasteiger partial charge < -0.3 is 20.7 Å². The molecule has 7 heteroatoms. The molecule has 1 saturated heterocycles. The largest absolute Gasteiger partial charge is 0.364 e. The average molecular weight is 316 g/mol. The predicted octanol–water partition coefficient (Wildman–Crippen LogP) is 0.793. The second kappa shape index (κ2) is 8.97. The van der Waals surface area contributed by atoms with Crippen LogP contribution in [0.3, 0.4) is 0 Å². The van der Waals surface area contributed by atoms with Crippen LogP contribution in [0.5, 0.6) is 0 Å². The average Bonchev–Trinajstić information content (AvgIpc) is 2.74. The normalized spacial score (nSPS) is 22.6. The lowest BCUT2D eigenvalue weighted by atomic mass is 10.0. The maximum Gasteiger partial charge on any atom is 0.249 e. The smallest absolute Gasteiger partial charge is 0.249 e. The van der Waals surface area contributed by atoms with E-state index in [1.165, 1.54) is 0 Å². The third kappa shape index (κ3) is 6.27. The zero-order valence-corrected chi connectivity index (χ0v) is 13.8. The molecule has 0 unspecified atom stereocenters. The lowest BCUT2D eigenvalue weighted by molar-refractivity contribution is -0.132. The standard InChI is InChI=1S/C12H25N3O2.2ClH/c1-12(2,15(3)4)8-14-11(16)10-6-5-9(7-13)17-10;;/h9-10H,5-8,13H2,1-4H3,(H,14,16);2*1H/t9-,10+;;/m1../s1. The summed E-state index contributed by atoms with van der Waals surface area (Å²) in [6, 6.07) is 0. The van der Waals surface area contributed by atoms with Gasteiger partial charge in [-0.2, -0.15) is 0 Å². The molecule has 0 aromatic carbocycles. The Morgan fingerprint density at radius 1 is 1.37 bits per heavy atom. The third-order valence-electron chi connectivity index (χ3n) is 3.57. The molecule has 0 bridgehead atoms. The Morgan fingerprint density at radius 2 is 1.95 bits per heavy atom. The van der Waals surface area contributed by atoms with Crippen LogP contribution in [0.4, 0.5) is 0 Å². The molecule has 2 atom stereocenters. The summed E-state index contributed by atoms with van der Waals surface area (Å²) in [4.78, 5) is 14.0. The van der Waals surface area contributed by atoms with E-state index in [9.17, 15) is 4.79 Å². The molecule has 1 aliphatic heterocycles. The first-order valence-corrected chi connectivity index (χ1v) is 6.17. The van der Waals surface area contributed by atoms with Crippen molar-refractivity contribution in [3.63, 3.8) is 0 Å². The number of hydrogen-bond acceptors (Lipinski definition) is 4. The fourth-order valence-corrected chi connectivity index (χ4v) is 1.65. The first-order chi connectivity index (χ1) is 7.86. The molecule has 0 radical (unpaired) electrons. The van der Waals surface area contributed by atoms with Crippen molar-refractivity contribution in [3.8, 4) is 0 Å². The van der Waals surface area contributed by atoms with Gasteiger partial charge in [-0.05, 0) is 40.8 Å². The molecule has 0 aromatic rings. The highest BCUT2D eigenvalue weighted by atomic mass is 35.5. The van der Waals surface area contributed by atoms with E-state index in [2.05, 4.69) is 24.1 Å². The van der Waals surface area contributed by atoms with E-state index in [0.717, 1.165) is 12.8 Å². The van der Waals surface area contributed by atoms with E-state index in [1.807, 2.05) is 14.1 Å². The van der Waals surface area contributed by atoms with Gasteiger partial charge >= 0.3 is 0 Å². The number of carbonyl (C=O) groups excluding carboxylic acids is 1. The Kier molecular flexibility index (Phi) is 10.0. The molecular weight excluding hydrogens is 289 g/mol. The van der Waals surface area contributed by atoms with Crippen LogP contribution < -0.4 is 11.1 Å². The second-order valence-electron chi connectivity index (χ2n) is 5.48. The van der Waals surface area contributed by atoms with Crippen LogP contribution in [0.15, 0.2) is 0 Å². The minimum absolute atomic E-state index is 0. The molecule has 3 N–H and O–H groups in total. The molecule has 0 aliphatic carbocycles. The fourth-order valence-electron chi connectivity index (χ4n) is 1.65. The quantitative estimate of drug-likeness (QED) is 0.787. The molecule has 1 rings (SSSR count). The molecule has 0 aromatic heterocycles. The molecule has 1 heterocycles. The predicted molar refractivity (Wildman–Crippen MR) is 82.2 cm³/mol. The van der Waals surface area contributed by atoms with Crippen LogP contribution in [0, 0.1) is 0 Å². The molecule has 19 heavy (non-hydrogen) atoms. The summed E-state index contributed by atoms with van der Waals surface area (Å²) in [5.74, 6) is -0.0177. The van der Waals surface area contributed by atoms with Crippen molar-refractivity contribution in [2.75, 3.05) is 27.2 Å². The first-order valence-electron chi connectivity index (χ1n) is 6.17. The number of halogens is 2. The summed E-state index contributed by atoms with van der Waals surface area (Å²) in [7, 11) is 4.01. The van der Waals surface area contributed by atoms with Crippen molar-refractivity contribution in [2.24, 2.45) is 5.73 Å². The Balaban J connectivity index is 0. The highest BCUT2D eigenvalue weighted by molar-refractivity contribution is 5.85. The van der Waals surface area contributed by atoms with Crippen molar-refractivity contribution >= 4 is 30.7 Å². The van der Waals surface area contributed by atoms with Crippen LogP contribution in [0.1, 0.15) is 26.7 Å². The highest BCUT2D eigenvalue weighted by Gasteiger charge is 2.31.